The second-order valence-corrected chi connectivity index (χ2v) is 6.62. The van der Waals surface area contributed by atoms with Gasteiger partial charge in [0.05, 0.1) is 6.04 Å². The Kier molecular flexibility index (Phi) is 2.84. The smallest absolute Gasteiger partial charge is 0.223 e. The molecule has 2 N–H and O–H groups in total. The molecule has 3 fully saturated rings. The van der Waals surface area contributed by atoms with Crippen molar-refractivity contribution >= 4 is 5.91 Å². The third kappa shape index (κ3) is 2.14. The number of piperidine rings is 1. The van der Waals surface area contributed by atoms with Crippen LogP contribution in [0.5, 0.6) is 0 Å². The molecule has 4 rings (SSSR count). The number of carbonyl (C=O) groups is 1. The fourth-order valence-electron chi connectivity index (χ4n) is 3.54. The van der Waals surface area contributed by atoms with Crippen LogP contribution in [0, 0.1) is 0 Å². The van der Waals surface area contributed by atoms with Gasteiger partial charge in [0.2, 0.25) is 5.91 Å². The summed E-state index contributed by atoms with van der Waals surface area (Å²) in [6.07, 6.45) is 6.36. The molecule has 2 aliphatic carbocycles. The lowest BCUT2D eigenvalue weighted by Crippen LogP contribution is -2.49. The molecule has 1 aliphatic heterocycles. The zero-order valence-electron chi connectivity index (χ0n) is 11.8. The van der Waals surface area contributed by atoms with Gasteiger partial charge in [0.25, 0.3) is 0 Å². The second kappa shape index (κ2) is 4.59. The zero-order valence-corrected chi connectivity index (χ0v) is 11.8. The van der Waals surface area contributed by atoms with Crippen molar-refractivity contribution < 1.29 is 4.79 Å². The molecule has 3 aliphatic rings. The molecule has 0 aromatic heterocycles. The third-order valence-electron chi connectivity index (χ3n) is 4.93. The molecule has 0 bridgehead atoms. The van der Waals surface area contributed by atoms with E-state index in [4.69, 9.17) is 5.73 Å². The summed E-state index contributed by atoms with van der Waals surface area (Å²) < 4.78 is 0. The van der Waals surface area contributed by atoms with Gasteiger partial charge in [-0.15, -0.1) is 0 Å². The molecule has 2 unspecified atom stereocenters. The Balaban J connectivity index is 1.69. The van der Waals surface area contributed by atoms with Gasteiger partial charge >= 0.3 is 0 Å². The highest BCUT2D eigenvalue weighted by Gasteiger charge is 2.43. The van der Waals surface area contributed by atoms with Crippen LogP contribution in [-0.4, -0.2) is 22.9 Å². The van der Waals surface area contributed by atoms with Crippen molar-refractivity contribution in [2.75, 3.05) is 0 Å². The van der Waals surface area contributed by atoms with Crippen LogP contribution >= 0.6 is 0 Å². The minimum Gasteiger partial charge on any atom is -0.331 e. The van der Waals surface area contributed by atoms with Gasteiger partial charge in [-0.25, -0.2) is 0 Å². The van der Waals surface area contributed by atoms with Gasteiger partial charge in [-0.2, -0.15) is 0 Å². The van der Waals surface area contributed by atoms with Crippen LogP contribution < -0.4 is 5.73 Å². The Morgan fingerprint density at radius 2 is 1.80 bits per heavy atom. The Bertz CT molecular complexity index is 534. The Morgan fingerprint density at radius 3 is 2.50 bits per heavy atom. The van der Waals surface area contributed by atoms with E-state index in [1.807, 2.05) is 0 Å². The van der Waals surface area contributed by atoms with Crippen LogP contribution in [0.2, 0.25) is 0 Å². The standard InChI is InChI=1S/C17H22N2O/c18-15-8-9-16(20)19(14-6-7-14)17(15)13-3-1-2-12(10-13)11-4-5-11/h1-3,10-11,14-15,17H,4-9,18H2. The van der Waals surface area contributed by atoms with E-state index in [9.17, 15) is 4.79 Å². The van der Waals surface area contributed by atoms with Crippen molar-refractivity contribution in [1.82, 2.24) is 4.90 Å². The van der Waals surface area contributed by atoms with Crippen LogP contribution in [0.4, 0.5) is 0 Å². The normalized spacial score (nSPS) is 30.6. The largest absolute Gasteiger partial charge is 0.331 e. The predicted molar refractivity (Wildman–Crippen MR) is 78.2 cm³/mol. The monoisotopic (exact) mass is 270 g/mol. The number of amides is 1. The molecule has 0 spiro atoms. The number of hydrogen-bond acceptors (Lipinski definition) is 2. The maximum atomic E-state index is 12.3. The number of carbonyl (C=O) groups excluding carboxylic acids is 1. The highest BCUT2D eigenvalue weighted by molar-refractivity contribution is 5.78. The molecular weight excluding hydrogens is 248 g/mol. The minimum absolute atomic E-state index is 0.0859. The van der Waals surface area contributed by atoms with Gasteiger partial charge < -0.3 is 10.6 Å². The maximum Gasteiger partial charge on any atom is 0.223 e. The van der Waals surface area contributed by atoms with E-state index in [-0.39, 0.29) is 12.1 Å². The second-order valence-electron chi connectivity index (χ2n) is 6.62. The predicted octanol–water partition coefficient (Wildman–Crippen LogP) is 2.72. The molecule has 1 aromatic carbocycles. The number of rotatable bonds is 3. The Hall–Kier alpha value is -1.35. The van der Waals surface area contributed by atoms with Crippen molar-refractivity contribution in [2.24, 2.45) is 5.73 Å². The van der Waals surface area contributed by atoms with E-state index in [1.165, 1.54) is 24.0 Å². The van der Waals surface area contributed by atoms with Gasteiger partial charge in [0.15, 0.2) is 0 Å². The van der Waals surface area contributed by atoms with E-state index in [1.54, 1.807) is 0 Å². The van der Waals surface area contributed by atoms with Crippen molar-refractivity contribution in [3.8, 4) is 0 Å². The molecule has 2 saturated carbocycles. The number of hydrogen-bond donors (Lipinski definition) is 1. The Labute approximate surface area is 120 Å². The molecule has 0 radical (unpaired) electrons. The fraction of sp³-hybridized carbons (Fsp3) is 0.588. The summed E-state index contributed by atoms with van der Waals surface area (Å²) in [6.45, 7) is 0. The van der Waals surface area contributed by atoms with Crippen molar-refractivity contribution in [3.63, 3.8) is 0 Å². The topological polar surface area (TPSA) is 46.3 Å². The van der Waals surface area contributed by atoms with Crippen LogP contribution in [0.1, 0.15) is 61.6 Å². The van der Waals surface area contributed by atoms with E-state index in [0.717, 1.165) is 25.2 Å². The molecule has 3 heteroatoms. The van der Waals surface area contributed by atoms with Crippen LogP contribution in [0.25, 0.3) is 0 Å². The van der Waals surface area contributed by atoms with Gasteiger partial charge in [0.1, 0.15) is 0 Å². The number of nitrogens with two attached hydrogens (primary N) is 1. The summed E-state index contributed by atoms with van der Waals surface area (Å²) in [6, 6.07) is 9.45. The first-order valence-corrected chi connectivity index (χ1v) is 7.90. The number of nitrogens with zero attached hydrogens (tertiary/aromatic N) is 1. The SMILES string of the molecule is NC1CCC(=O)N(C2CC2)C1c1cccc(C2CC2)c1. The summed E-state index contributed by atoms with van der Waals surface area (Å²) in [4.78, 5) is 14.4. The minimum atomic E-state index is 0.0859. The highest BCUT2D eigenvalue weighted by Crippen LogP contribution is 2.43. The summed E-state index contributed by atoms with van der Waals surface area (Å²) in [5, 5.41) is 0. The maximum absolute atomic E-state index is 12.3. The fourth-order valence-corrected chi connectivity index (χ4v) is 3.54. The summed E-state index contributed by atoms with van der Waals surface area (Å²) >= 11 is 0. The summed E-state index contributed by atoms with van der Waals surface area (Å²) in [5.74, 6) is 1.05. The Morgan fingerprint density at radius 1 is 1.05 bits per heavy atom. The van der Waals surface area contributed by atoms with Gasteiger partial charge in [-0.05, 0) is 49.1 Å². The first kappa shape index (κ1) is 12.4. The molecule has 2 atom stereocenters. The quantitative estimate of drug-likeness (QED) is 0.918. The van der Waals surface area contributed by atoms with E-state index >= 15 is 0 Å². The number of benzene rings is 1. The van der Waals surface area contributed by atoms with Crippen molar-refractivity contribution in [3.05, 3.63) is 35.4 Å². The highest BCUT2D eigenvalue weighted by atomic mass is 16.2. The molecule has 1 amide bonds. The van der Waals surface area contributed by atoms with E-state index < -0.39 is 0 Å². The van der Waals surface area contributed by atoms with Gasteiger partial charge in [0, 0.05) is 18.5 Å². The molecule has 106 valence electrons. The lowest BCUT2D eigenvalue weighted by atomic mass is 9.89. The van der Waals surface area contributed by atoms with E-state index in [2.05, 4.69) is 29.2 Å². The number of likely N-dealkylation sites (tertiary alicyclic amines) is 1. The first-order valence-electron chi connectivity index (χ1n) is 7.90. The molecule has 1 aromatic rings. The van der Waals surface area contributed by atoms with E-state index in [0.29, 0.717) is 18.4 Å². The molecule has 1 saturated heterocycles. The van der Waals surface area contributed by atoms with Gasteiger partial charge in [-0.1, -0.05) is 24.3 Å². The molecular formula is C17H22N2O. The molecule has 1 heterocycles. The average molecular weight is 270 g/mol. The van der Waals surface area contributed by atoms with Crippen LogP contribution in [0.3, 0.4) is 0 Å². The zero-order chi connectivity index (χ0) is 13.7. The lowest BCUT2D eigenvalue weighted by molar-refractivity contribution is -0.138. The van der Waals surface area contributed by atoms with Gasteiger partial charge in [-0.3, -0.25) is 4.79 Å². The average Bonchev–Trinajstić information content (AvgIpc) is 3.33. The van der Waals surface area contributed by atoms with Crippen LogP contribution in [-0.2, 0) is 4.79 Å². The first-order chi connectivity index (χ1) is 9.74. The molecule has 3 nitrogen and oxygen atoms in total. The summed E-state index contributed by atoms with van der Waals surface area (Å²) in [5.41, 5.74) is 9.06. The van der Waals surface area contributed by atoms with Crippen LogP contribution in [0.15, 0.2) is 24.3 Å². The third-order valence-corrected chi connectivity index (χ3v) is 4.93. The van der Waals surface area contributed by atoms with Crippen molar-refractivity contribution in [2.45, 2.75) is 62.6 Å². The van der Waals surface area contributed by atoms with Crippen molar-refractivity contribution in [1.29, 1.82) is 0 Å². The molecule has 20 heavy (non-hydrogen) atoms. The lowest BCUT2D eigenvalue weighted by Gasteiger charge is -2.40. The summed E-state index contributed by atoms with van der Waals surface area (Å²) in [7, 11) is 0.